The Morgan fingerprint density at radius 2 is 1.64 bits per heavy atom. The molecule has 0 saturated carbocycles. The summed E-state index contributed by atoms with van der Waals surface area (Å²) >= 11 is 6.02. The molecule has 1 aliphatic heterocycles. The zero-order valence-corrected chi connectivity index (χ0v) is 20.9. The number of hydrogen-bond donors (Lipinski definition) is 0. The van der Waals surface area contributed by atoms with Gasteiger partial charge < -0.3 is 10.1 Å². The fraction of sp³-hybridized carbons (Fsp3) is 0.200. The van der Waals surface area contributed by atoms with E-state index in [1.54, 1.807) is 61.5 Å². The summed E-state index contributed by atoms with van der Waals surface area (Å²) < 4.78 is 28.6. The maximum atomic E-state index is 13.2. The molecule has 1 amide bonds. The van der Waals surface area contributed by atoms with Crippen LogP contribution in [0.3, 0.4) is 0 Å². The van der Waals surface area contributed by atoms with Gasteiger partial charge in [0.15, 0.2) is 5.69 Å². The Kier molecular flexibility index (Phi) is 6.33. The number of nitrogens with zero attached hydrogens (tertiary/aromatic N) is 5. The van der Waals surface area contributed by atoms with Crippen LogP contribution in [0.4, 0.5) is 0 Å². The number of sulfonamides is 1. The van der Waals surface area contributed by atoms with Gasteiger partial charge in [-0.15, -0.1) is 0 Å². The molecule has 2 aromatic carbocycles. The van der Waals surface area contributed by atoms with Gasteiger partial charge >= 0.3 is 0 Å². The number of benzene rings is 2. The molecule has 0 aliphatic carbocycles. The Hall–Kier alpha value is -3.60. The number of amides is 1. The van der Waals surface area contributed by atoms with Crippen LogP contribution in [0.25, 0.3) is 22.0 Å². The van der Waals surface area contributed by atoms with E-state index < -0.39 is 10.0 Å². The minimum absolute atomic E-state index is 0.00616. The van der Waals surface area contributed by atoms with Crippen molar-refractivity contribution in [2.24, 2.45) is 0 Å². The summed E-state index contributed by atoms with van der Waals surface area (Å²) in [5, 5.41) is 14.5. The predicted molar refractivity (Wildman–Crippen MR) is 135 cm³/mol. The van der Waals surface area contributed by atoms with Gasteiger partial charge in [-0.25, -0.2) is 18.4 Å². The Bertz CT molecular complexity index is 1570. The van der Waals surface area contributed by atoms with Crippen LogP contribution in [0, 0.1) is 12.1 Å². The van der Waals surface area contributed by atoms with E-state index in [1.807, 2.05) is 0 Å². The molecule has 9 nitrogen and oxygen atoms in total. The van der Waals surface area contributed by atoms with Gasteiger partial charge in [-0.2, -0.15) is 9.04 Å². The predicted octanol–water partition coefficient (Wildman–Crippen LogP) is 3.04. The van der Waals surface area contributed by atoms with Crippen molar-refractivity contribution in [1.29, 1.82) is 0 Å². The van der Waals surface area contributed by atoms with Crippen molar-refractivity contribution in [2.75, 3.05) is 26.2 Å². The van der Waals surface area contributed by atoms with E-state index in [0.29, 0.717) is 22.0 Å². The van der Waals surface area contributed by atoms with Crippen LogP contribution in [0.1, 0.15) is 16.3 Å². The first-order valence-electron chi connectivity index (χ1n) is 11.2. The van der Waals surface area contributed by atoms with Crippen molar-refractivity contribution in [3.8, 4) is 11.3 Å². The van der Waals surface area contributed by atoms with E-state index in [4.69, 9.17) is 11.6 Å². The van der Waals surface area contributed by atoms with Crippen molar-refractivity contribution < 1.29 is 17.9 Å². The fourth-order valence-corrected chi connectivity index (χ4v) is 5.80. The Labute approximate surface area is 213 Å². The normalized spacial score (nSPS) is 14.8. The molecule has 0 unspecified atom stereocenters. The number of halogens is 1. The number of carbonyl (C=O) groups excluding carboxylic acids is 1. The second kappa shape index (κ2) is 9.45. The average molecular weight is 524 g/mol. The molecule has 184 valence electrons. The summed E-state index contributed by atoms with van der Waals surface area (Å²) in [5.41, 5.74) is 1.43. The first kappa shape index (κ1) is 24.1. The lowest BCUT2D eigenvalue weighted by atomic mass is 10.1. The first-order chi connectivity index (χ1) is 17.2. The highest BCUT2D eigenvalue weighted by atomic mass is 35.5. The van der Waals surface area contributed by atoms with Gasteiger partial charge in [-0.05, 0) is 41.1 Å². The molecule has 11 heteroatoms. The number of carbonyl (C=O) groups is 1. The van der Waals surface area contributed by atoms with E-state index in [-0.39, 0.29) is 42.8 Å². The highest BCUT2D eigenvalue weighted by Gasteiger charge is 2.31. The summed E-state index contributed by atoms with van der Waals surface area (Å²) in [7, 11) is -3.72. The third-order valence-corrected chi connectivity index (χ3v) is 8.34. The Morgan fingerprint density at radius 3 is 2.36 bits per heavy atom. The molecule has 2 aromatic heterocycles. The first-order valence-corrected chi connectivity index (χ1v) is 13.1. The molecule has 0 atom stereocenters. The second-order valence-electron chi connectivity index (χ2n) is 8.49. The maximum Gasteiger partial charge on any atom is 0.291 e. The summed E-state index contributed by atoms with van der Waals surface area (Å²) in [5.74, 6) is -0.395. The van der Waals surface area contributed by atoms with Crippen LogP contribution in [0.5, 0.6) is 0 Å². The SMILES string of the molecule is Cc1cccc(-c2cnc(C(=O)N3CCN(S(=O)(=O)c4ccc5cc(Cl)ccc5c4)CC3)nc2)[n+]1[O-]. The van der Waals surface area contributed by atoms with Gasteiger partial charge in [0.25, 0.3) is 5.91 Å². The largest absolute Gasteiger partial charge is 0.618 e. The molecular weight excluding hydrogens is 502 g/mol. The summed E-state index contributed by atoms with van der Waals surface area (Å²) in [4.78, 5) is 23.0. The van der Waals surface area contributed by atoms with E-state index in [1.165, 1.54) is 21.6 Å². The molecule has 0 bridgehead atoms. The van der Waals surface area contributed by atoms with Gasteiger partial charge in [0.2, 0.25) is 21.5 Å². The molecule has 1 fully saturated rings. The number of aromatic nitrogens is 3. The summed E-state index contributed by atoms with van der Waals surface area (Å²) in [6.07, 6.45) is 2.88. The topological polar surface area (TPSA) is 110 Å². The zero-order chi connectivity index (χ0) is 25.4. The molecule has 4 aromatic rings. The summed E-state index contributed by atoms with van der Waals surface area (Å²) in [6, 6.07) is 15.3. The quantitative estimate of drug-likeness (QED) is 0.300. The number of hydrogen-bond acceptors (Lipinski definition) is 6. The van der Waals surface area contributed by atoms with Gasteiger partial charge in [0.05, 0.1) is 10.5 Å². The van der Waals surface area contributed by atoms with Crippen molar-refractivity contribution in [1.82, 2.24) is 19.2 Å². The molecule has 5 rings (SSSR count). The van der Waals surface area contributed by atoms with E-state index in [9.17, 15) is 18.4 Å². The van der Waals surface area contributed by atoms with Gasteiger partial charge in [0, 0.05) is 62.7 Å². The van der Waals surface area contributed by atoms with Gasteiger partial charge in [-0.3, -0.25) is 4.79 Å². The molecule has 1 saturated heterocycles. The standard InChI is InChI=1S/C25H22ClN5O4S/c1-17-3-2-4-23(31(17)33)20-15-27-24(28-16-20)25(32)29-9-11-30(12-10-29)36(34,35)22-8-6-18-13-21(26)7-5-19(18)14-22/h2-8,13-16H,9-12H2,1H3. The highest BCUT2D eigenvalue weighted by molar-refractivity contribution is 7.89. The minimum Gasteiger partial charge on any atom is -0.618 e. The molecule has 3 heterocycles. The average Bonchev–Trinajstić information content (AvgIpc) is 2.89. The molecule has 0 N–H and O–H groups in total. The third-order valence-electron chi connectivity index (χ3n) is 6.21. The highest BCUT2D eigenvalue weighted by Crippen LogP contribution is 2.25. The van der Waals surface area contributed by atoms with Crippen molar-refractivity contribution in [3.05, 3.63) is 88.7 Å². The van der Waals surface area contributed by atoms with Crippen LogP contribution in [0.2, 0.25) is 5.02 Å². The Balaban J connectivity index is 1.27. The monoisotopic (exact) mass is 523 g/mol. The lowest BCUT2D eigenvalue weighted by molar-refractivity contribution is -0.600. The zero-order valence-electron chi connectivity index (χ0n) is 19.3. The van der Waals surface area contributed by atoms with Crippen LogP contribution in [-0.4, -0.2) is 59.7 Å². The van der Waals surface area contributed by atoms with E-state index >= 15 is 0 Å². The van der Waals surface area contributed by atoms with Gasteiger partial charge in [0.1, 0.15) is 0 Å². The molecule has 1 aliphatic rings. The second-order valence-corrected chi connectivity index (χ2v) is 10.9. The Morgan fingerprint density at radius 1 is 0.972 bits per heavy atom. The van der Waals surface area contributed by atoms with Crippen LogP contribution >= 0.6 is 11.6 Å². The van der Waals surface area contributed by atoms with E-state index in [0.717, 1.165) is 15.5 Å². The van der Waals surface area contributed by atoms with Crippen molar-refractivity contribution in [2.45, 2.75) is 11.8 Å². The number of aryl methyl sites for hydroxylation is 1. The molecule has 0 spiro atoms. The number of piperazine rings is 1. The lowest BCUT2D eigenvalue weighted by Gasteiger charge is -2.33. The minimum atomic E-state index is -3.72. The molecule has 0 radical (unpaired) electrons. The maximum absolute atomic E-state index is 13.2. The summed E-state index contributed by atoms with van der Waals surface area (Å²) in [6.45, 7) is 2.44. The van der Waals surface area contributed by atoms with Crippen molar-refractivity contribution in [3.63, 3.8) is 0 Å². The van der Waals surface area contributed by atoms with Crippen LogP contribution < -0.4 is 4.73 Å². The number of rotatable bonds is 4. The van der Waals surface area contributed by atoms with Crippen LogP contribution in [-0.2, 0) is 10.0 Å². The van der Waals surface area contributed by atoms with E-state index in [2.05, 4.69) is 9.97 Å². The molecular formula is C25H22ClN5O4S. The number of fused-ring (bicyclic) bond motifs is 1. The lowest BCUT2D eigenvalue weighted by Crippen LogP contribution is -2.50. The fourth-order valence-electron chi connectivity index (χ4n) is 4.17. The molecule has 36 heavy (non-hydrogen) atoms. The van der Waals surface area contributed by atoms with Gasteiger partial charge in [-0.1, -0.05) is 23.7 Å². The van der Waals surface area contributed by atoms with Crippen molar-refractivity contribution >= 4 is 38.3 Å². The smallest absolute Gasteiger partial charge is 0.291 e. The van der Waals surface area contributed by atoms with Crippen LogP contribution in [0.15, 0.2) is 71.9 Å². The number of pyridine rings is 1. The third kappa shape index (κ3) is 4.50.